The molecule has 4 nitrogen and oxygen atoms in total. The van der Waals surface area contributed by atoms with E-state index in [0.717, 1.165) is 5.69 Å². The maximum Gasteiger partial charge on any atom is 0.356 e. The second-order valence-electron chi connectivity index (χ2n) is 2.95. The summed E-state index contributed by atoms with van der Waals surface area (Å²) in [6.07, 6.45) is 6.75. The predicted octanol–water partition coefficient (Wildman–Crippen LogP) is 1.30. The summed E-state index contributed by atoms with van der Waals surface area (Å²) >= 11 is 0. The van der Waals surface area contributed by atoms with Gasteiger partial charge in [0.1, 0.15) is 5.69 Å². The average molecular weight is 204 g/mol. The van der Waals surface area contributed by atoms with Gasteiger partial charge in [-0.05, 0) is 19.1 Å². The van der Waals surface area contributed by atoms with Crippen LogP contribution in [0.4, 0.5) is 5.69 Å². The highest BCUT2D eigenvalue weighted by Gasteiger charge is 2.07. The summed E-state index contributed by atoms with van der Waals surface area (Å²) in [5.74, 6) is 2.06. The monoisotopic (exact) mass is 204 g/mol. The molecule has 0 aliphatic rings. The molecule has 0 aliphatic carbocycles. The Hall–Kier alpha value is -2.02. The zero-order chi connectivity index (χ0) is 11.3. The third-order valence-corrected chi connectivity index (χ3v) is 1.79. The summed E-state index contributed by atoms with van der Waals surface area (Å²) in [6, 6.07) is 3.23. The Kier molecular flexibility index (Phi) is 3.69. The van der Waals surface area contributed by atoms with E-state index >= 15 is 0 Å². The second-order valence-corrected chi connectivity index (χ2v) is 2.95. The van der Waals surface area contributed by atoms with Gasteiger partial charge in [-0.15, -0.1) is 6.42 Å². The first kappa shape index (κ1) is 11.1. The molecule has 0 aliphatic heterocycles. The van der Waals surface area contributed by atoms with Crippen molar-refractivity contribution in [3.63, 3.8) is 0 Å². The number of rotatable bonds is 3. The summed E-state index contributed by atoms with van der Waals surface area (Å²) in [7, 11) is 1.31. The normalized spacial score (nSPS) is 11.3. The SMILES string of the molecule is C#CC(C)Nc1ccnc(C(=O)OC)c1. The number of methoxy groups -OCH3 is 1. The van der Waals surface area contributed by atoms with E-state index in [2.05, 4.69) is 21.0 Å². The Bertz CT molecular complexity index is 396. The van der Waals surface area contributed by atoms with E-state index in [4.69, 9.17) is 6.42 Å². The van der Waals surface area contributed by atoms with Gasteiger partial charge >= 0.3 is 5.97 Å². The number of aromatic nitrogens is 1. The number of hydrogen-bond acceptors (Lipinski definition) is 4. The first-order valence-corrected chi connectivity index (χ1v) is 4.44. The van der Waals surface area contributed by atoms with Gasteiger partial charge in [0.25, 0.3) is 0 Å². The smallest absolute Gasteiger partial charge is 0.356 e. The van der Waals surface area contributed by atoms with Crippen LogP contribution in [0.3, 0.4) is 0 Å². The molecule has 0 fully saturated rings. The quantitative estimate of drug-likeness (QED) is 0.595. The van der Waals surface area contributed by atoms with E-state index in [1.165, 1.54) is 13.3 Å². The Morgan fingerprint density at radius 1 is 1.73 bits per heavy atom. The number of nitrogens with zero attached hydrogens (tertiary/aromatic N) is 1. The number of hydrogen-bond donors (Lipinski definition) is 1. The Labute approximate surface area is 88.7 Å². The van der Waals surface area contributed by atoms with Crippen LogP contribution in [0, 0.1) is 12.3 Å². The molecule has 0 saturated carbocycles. The molecule has 0 bridgehead atoms. The van der Waals surface area contributed by atoms with E-state index in [1.54, 1.807) is 12.1 Å². The minimum absolute atomic E-state index is 0.0992. The zero-order valence-electron chi connectivity index (χ0n) is 8.65. The van der Waals surface area contributed by atoms with Gasteiger partial charge < -0.3 is 10.1 Å². The van der Waals surface area contributed by atoms with Gasteiger partial charge in [0, 0.05) is 11.9 Å². The Morgan fingerprint density at radius 3 is 3.07 bits per heavy atom. The van der Waals surface area contributed by atoms with Crippen molar-refractivity contribution >= 4 is 11.7 Å². The average Bonchev–Trinajstić information content (AvgIpc) is 2.28. The van der Waals surface area contributed by atoms with Crippen LogP contribution < -0.4 is 5.32 Å². The number of anilines is 1. The van der Waals surface area contributed by atoms with Crippen LogP contribution >= 0.6 is 0 Å². The molecule has 0 saturated heterocycles. The maximum atomic E-state index is 11.2. The fourth-order valence-electron chi connectivity index (χ4n) is 1.03. The summed E-state index contributed by atoms with van der Waals surface area (Å²) in [4.78, 5) is 15.0. The van der Waals surface area contributed by atoms with Crippen molar-refractivity contribution in [1.29, 1.82) is 0 Å². The molecule has 0 radical (unpaired) electrons. The topological polar surface area (TPSA) is 51.2 Å². The maximum absolute atomic E-state index is 11.2. The first-order valence-electron chi connectivity index (χ1n) is 4.44. The van der Waals surface area contributed by atoms with Crippen LogP contribution in [-0.2, 0) is 4.74 Å². The van der Waals surface area contributed by atoms with Crippen LogP contribution in [0.1, 0.15) is 17.4 Å². The molecule has 0 amide bonds. The lowest BCUT2D eigenvalue weighted by Gasteiger charge is -2.09. The van der Waals surface area contributed by atoms with Crippen molar-refractivity contribution in [2.24, 2.45) is 0 Å². The number of carbonyl (C=O) groups excluding carboxylic acids is 1. The van der Waals surface area contributed by atoms with Crippen molar-refractivity contribution in [3.8, 4) is 12.3 Å². The van der Waals surface area contributed by atoms with Crippen LogP contribution in [-0.4, -0.2) is 24.1 Å². The van der Waals surface area contributed by atoms with Crippen LogP contribution in [0.15, 0.2) is 18.3 Å². The highest BCUT2D eigenvalue weighted by molar-refractivity contribution is 5.88. The molecular formula is C11H12N2O2. The van der Waals surface area contributed by atoms with E-state index in [0.29, 0.717) is 0 Å². The minimum Gasteiger partial charge on any atom is -0.464 e. The molecule has 0 spiro atoms. The zero-order valence-corrected chi connectivity index (χ0v) is 8.65. The molecule has 78 valence electrons. The highest BCUT2D eigenvalue weighted by Crippen LogP contribution is 2.09. The van der Waals surface area contributed by atoms with Crippen LogP contribution in [0.5, 0.6) is 0 Å². The van der Waals surface area contributed by atoms with Gasteiger partial charge in [0.15, 0.2) is 0 Å². The van der Waals surface area contributed by atoms with Gasteiger partial charge in [-0.2, -0.15) is 0 Å². The van der Waals surface area contributed by atoms with E-state index in [9.17, 15) is 4.79 Å². The van der Waals surface area contributed by atoms with Crippen molar-refractivity contribution < 1.29 is 9.53 Å². The lowest BCUT2D eigenvalue weighted by molar-refractivity contribution is 0.0594. The molecule has 1 N–H and O–H groups in total. The number of nitrogens with one attached hydrogen (secondary N) is 1. The van der Waals surface area contributed by atoms with Crippen molar-refractivity contribution in [2.45, 2.75) is 13.0 Å². The van der Waals surface area contributed by atoms with Gasteiger partial charge in [-0.25, -0.2) is 9.78 Å². The summed E-state index contributed by atoms with van der Waals surface area (Å²) in [5, 5.41) is 3.03. The summed E-state index contributed by atoms with van der Waals surface area (Å²) in [6.45, 7) is 1.85. The largest absolute Gasteiger partial charge is 0.464 e. The lowest BCUT2D eigenvalue weighted by atomic mass is 10.3. The van der Waals surface area contributed by atoms with Crippen molar-refractivity contribution in [3.05, 3.63) is 24.0 Å². The molecule has 1 aromatic heterocycles. The Balaban J connectivity index is 2.84. The standard InChI is InChI=1S/C11H12N2O2/c1-4-8(2)13-9-5-6-12-10(7-9)11(14)15-3/h1,5-8H,2-3H3,(H,12,13). The number of carbonyl (C=O) groups is 1. The number of pyridine rings is 1. The molecule has 1 rings (SSSR count). The van der Waals surface area contributed by atoms with Gasteiger partial charge in [-0.1, -0.05) is 5.92 Å². The lowest BCUT2D eigenvalue weighted by Crippen LogP contribution is -2.13. The second kappa shape index (κ2) is 5.01. The summed E-state index contributed by atoms with van der Waals surface area (Å²) in [5.41, 5.74) is 1.00. The van der Waals surface area contributed by atoms with Crippen molar-refractivity contribution in [2.75, 3.05) is 12.4 Å². The molecule has 1 aromatic rings. The third-order valence-electron chi connectivity index (χ3n) is 1.79. The van der Waals surface area contributed by atoms with E-state index in [-0.39, 0.29) is 11.7 Å². The number of terminal acetylenes is 1. The molecule has 1 heterocycles. The molecule has 0 aromatic carbocycles. The van der Waals surface area contributed by atoms with Gasteiger partial charge in [0.2, 0.25) is 0 Å². The molecule has 1 atom stereocenters. The van der Waals surface area contributed by atoms with Gasteiger partial charge in [0.05, 0.1) is 13.2 Å². The fourth-order valence-corrected chi connectivity index (χ4v) is 1.03. The van der Waals surface area contributed by atoms with E-state index < -0.39 is 5.97 Å². The Morgan fingerprint density at radius 2 is 2.47 bits per heavy atom. The van der Waals surface area contributed by atoms with Crippen molar-refractivity contribution in [1.82, 2.24) is 4.98 Å². The number of esters is 1. The highest BCUT2D eigenvalue weighted by atomic mass is 16.5. The first-order chi connectivity index (χ1) is 7.17. The number of ether oxygens (including phenoxy) is 1. The fraction of sp³-hybridized carbons (Fsp3) is 0.273. The van der Waals surface area contributed by atoms with E-state index in [1.807, 2.05) is 6.92 Å². The van der Waals surface area contributed by atoms with Crippen LogP contribution in [0.25, 0.3) is 0 Å². The van der Waals surface area contributed by atoms with Crippen LogP contribution in [0.2, 0.25) is 0 Å². The molecular weight excluding hydrogens is 192 g/mol. The molecule has 1 unspecified atom stereocenters. The third kappa shape index (κ3) is 2.99. The summed E-state index contributed by atoms with van der Waals surface area (Å²) < 4.78 is 4.55. The molecule has 4 heteroatoms. The van der Waals surface area contributed by atoms with Gasteiger partial charge in [-0.3, -0.25) is 0 Å². The minimum atomic E-state index is -0.466. The predicted molar refractivity (Wildman–Crippen MR) is 57.5 cm³/mol. The molecule has 15 heavy (non-hydrogen) atoms.